The summed E-state index contributed by atoms with van der Waals surface area (Å²) >= 11 is 0. The van der Waals surface area contributed by atoms with E-state index in [1.54, 1.807) is 12.1 Å². The molecule has 7 nitrogen and oxygen atoms in total. The normalized spacial score (nSPS) is 23.0. The summed E-state index contributed by atoms with van der Waals surface area (Å²) in [6.45, 7) is 7.40. The van der Waals surface area contributed by atoms with E-state index in [1.807, 2.05) is 0 Å². The van der Waals surface area contributed by atoms with Gasteiger partial charge in [0.15, 0.2) is 5.96 Å². The van der Waals surface area contributed by atoms with Crippen LogP contribution in [0.4, 0.5) is 5.69 Å². The van der Waals surface area contributed by atoms with Crippen molar-refractivity contribution in [2.75, 3.05) is 32.8 Å². The number of hydrogen-bond donors (Lipinski definition) is 1. The van der Waals surface area contributed by atoms with E-state index in [0.29, 0.717) is 18.4 Å². The number of nitrogens with one attached hydrogen (secondary N) is 1. The molecule has 2 saturated heterocycles. The topological polar surface area (TPSA) is 80.0 Å². The molecule has 2 unspecified atom stereocenters. The number of ether oxygens (including phenoxy) is 1. The van der Waals surface area contributed by atoms with Gasteiger partial charge in [-0.3, -0.25) is 10.1 Å². The van der Waals surface area contributed by atoms with Crippen LogP contribution in [0.5, 0.6) is 0 Å². The van der Waals surface area contributed by atoms with Crippen molar-refractivity contribution in [2.45, 2.75) is 32.7 Å². The molecule has 0 radical (unpaired) electrons. The number of rotatable bonds is 5. The lowest BCUT2D eigenvalue weighted by Gasteiger charge is -2.34. The minimum atomic E-state index is -0.376. The van der Waals surface area contributed by atoms with Gasteiger partial charge >= 0.3 is 0 Å². The van der Waals surface area contributed by atoms with Crippen LogP contribution in [-0.2, 0) is 11.3 Å². The van der Waals surface area contributed by atoms with Crippen LogP contribution in [0.15, 0.2) is 29.3 Å². The number of nitrogens with zero attached hydrogens (tertiary/aromatic N) is 3. The third-order valence-electron chi connectivity index (χ3n) is 5.09. The van der Waals surface area contributed by atoms with Gasteiger partial charge in [0.1, 0.15) is 0 Å². The van der Waals surface area contributed by atoms with Gasteiger partial charge in [0, 0.05) is 44.3 Å². The van der Waals surface area contributed by atoms with E-state index < -0.39 is 0 Å². The summed E-state index contributed by atoms with van der Waals surface area (Å²) in [7, 11) is 0. The minimum Gasteiger partial charge on any atom is -0.381 e. The van der Waals surface area contributed by atoms with E-state index in [-0.39, 0.29) is 34.6 Å². The van der Waals surface area contributed by atoms with Crippen molar-refractivity contribution in [2.24, 2.45) is 16.8 Å². The van der Waals surface area contributed by atoms with Gasteiger partial charge in [-0.25, -0.2) is 4.99 Å². The van der Waals surface area contributed by atoms with E-state index in [1.165, 1.54) is 25.0 Å². The Morgan fingerprint density at radius 3 is 2.78 bits per heavy atom. The minimum absolute atomic E-state index is 0. The number of benzene rings is 1. The Morgan fingerprint density at radius 2 is 2.15 bits per heavy atom. The Kier molecular flexibility index (Phi) is 8.75. The van der Waals surface area contributed by atoms with Gasteiger partial charge in [-0.2, -0.15) is 0 Å². The van der Waals surface area contributed by atoms with Crippen molar-refractivity contribution in [1.82, 2.24) is 10.2 Å². The summed E-state index contributed by atoms with van der Waals surface area (Å²) in [5.41, 5.74) is 1.09. The van der Waals surface area contributed by atoms with Crippen molar-refractivity contribution in [3.05, 3.63) is 39.9 Å². The van der Waals surface area contributed by atoms with Crippen LogP contribution in [0, 0.1) is 22.0 Å². The Labute approximate surface area is 177 Å². The lowest BCUT2D eigenvalue weighted by molar-refractivity contribution is -0.384. The molecule has 27 heavy (non-hydrogen) atoms. The van der Waals surface area contributed by atoms with E-state index in [9.17, 15) is 10.1 Å². The van der Waals surface area contributed by atoms with Crippen LogP contribution >= 0.6 is 24.0 Å². The number of nitro groups is 1. The molecule has 0 bridgehead atoms. The number of non-ortho nitro benzene ring substituents is 1. The van der Waals surface area contributed by atoms with E-state index >= 15 is 0 Å². The third kappa shape index (κ3) is 6.60. The number of aliphatic imine (C=N–C) groups is 1. The second kappa shape index (κ2) is 10.8. The maximum atomic E-state index is 10.8. The van der Waals surface area contributed by atoms with E-state index in [4.69, 9.17) is 9.73 Å². The number of hydrogen-bond acceptors (Lipinski definition) is 4. The molecular weight excluding hydrogens is 459 g/mol. The summed E-state index contributed by atoms with van der Waals surface area (Å²) in [5, 5.41) is 14.3. The third-order valence-corrected chi connectivity index (χ3v) is 5.09. The number of piperidine rings is 1. The number of likely N-dealkylation sites (tertiary alicyclic amines) is 1. The molecule has 3 rings (SSSR count). The molecule has 2 aliphatic heterocycles. The standard InChI is InChI=1S/C19H28N4O3.HI/c1-15-3-2-9-22(13-15)19(21-12-17-8-10-26-14-17)20-11-16-4-6-18(7-5-16)23(24)25;/h4-7,15,17H,2-3,8-14H2,1H3,(H,20,21);1H. The largest absolute Gasteiger partial charge is 0.381 e. The molecule has 2 heterocycles. The molecule has 0 aromatic heterocycles. The molecule has 1 aromatic carbocycles. The van der Waals surface area contributed by atoms with E-state index in [2.05, 4.69) is 17.1 Å². The van der Waals surface area contributed by atoms with Gasteiger partial charge in [-0.15, -0.1) is 24.0 Å². The van der Waals surface area contributed by atoms with Crippen LogP contribution in [-0.4, -0.2) is 48.6 Å². The first-order valence-electron chi connectivity index (χ1n) is 9.46. The Hall–Kier alpha value is -1.42. The Balaban J connectivity index is 0.00000261. The number of nitro benzene ring substituents is 1. The molecule has 0 spiro atoms. The maximum absolute atomic E-state index is 10.8. The molecule has 1 N–H and O–H groups in total. The lowest BCUT2D eigenvalue weighted by Crippen LogP contribution is -2.47. The molecule has 2 atom stereocenters. The van der Waals surface area contributed by atoms with Crippen molar-refractivity contribution < 1.29 is 9.66 Å². The van der Waals surface area contributed by atoms with Gasteiger partial charge < -0.3 is 15.0 Å². The highest BCUT2D eigenvalue weighted by atomic mass is 127. The summed E-state index contributed by atoms with van der Waals surface area (Å²) in [6.07, 6.45) is 3.55. The molecule has 0 amide bonds. The zero-order chi connectivity index (χ0) is 18.4. The van der Waals surface area contributed by atoms with E-state index in [0.717, 1.165) is 50.8 Å². The molecule has 0 aliphatic carbocycles. The van der Waals surface area contributed by atoms with Crippen molar-refractivity contribution in [1.29, 1.82) is 0 Å². The summed E-state index contributed by atoms with van der Waals surface area (Å²) in [6, 6.07) is 6.64. The van der Waals surface area contributed by atoms with Crippen LogP contribution in [0.2, 0.25) is 0 Å². The molecule has 8 heteroatoms. The van der Waals surface area contributed by atoms with Gasteiger partial charge in [0.2, 0.25) is 0 Å². The lowest BCUT2D eigenvalue weighted by atomic mass is 10.0. The van der Waals surface area contributed by atoms with Gasteiger partial charge in [-0.1, -0.05) is 19.1 Å². The highest BCUT2D eigenvalue weighted by Crippen LogP contribution is 2.17. The first kappa shape index (κ1) is 21.9. The highest BCUT2D eigenvalue weighted by molar-refractivity contribution is 14.0. The fraction of sp³-hybridized carbons (Fsp3) is 0.632. The van der Waals surface area contributed by atoms with Crippen molar-refractivity contribution in [3.63, 3.8) is 0 Å². The van der Waals surface area contributed by atoms with Gasteiger partial charge in [-0.05, 0) is 30.7 Å². The zero-order valence-corrected chi connectivity index (χ0v) is 18.1. The summed E-state index contributed by atoms with van der Waals surface area (Å²) in [4.78, 5) is 17.6. The quantitative estimate of drug-likeness (QED) is 0.226. The fourth-order valence-electron chi connectivity index (χ4n) is 3.52. The Morgan fingerprint density at radius 1 is 1.37 bits per heavy atom. The average Bonchev–Trinajstić information content (AvgIpc) is 3.15. The molecular formula is C19H29IN4O3. The molecule has 1 aromatic rings. The molecule has 2 aliphatic rings. The summed E-state index contributed by atoms with van der Waals surface area (Å²) in [5.74, 6) is 2.16. The molecule has 2 fully saturated rings. The first-order chi connectivity index (χ1) is 12.6. The smallest absolute Gasteiger partial charge is 0.269 e. The second-order valence-corrected chi connectivity index (χ2v) is 7.37. The SMILES string of the molecule is CC1CCCN(C(=NCc2ccc([N+](=O)[O-])cc2)NCC2CCOC2)C1.I. The van der Waals surface area contributed by atoms with Crippen LogP contribution in [0.3, 0.4) is 0 Å². The first-order valence-corrected chi connectivity index (χ1v) is 9.46. The van der Waals surface area contributed by atoms with Crippen LogP contribution in [0.1, 0.15) is 31.7 Å². The number of halogens is 1. The monoisotopic (exact) mass is 488 g/mol. The second-order valence-electron chi connectivity index (χ2n) is 7.37. The average molecular weight is 488 g/mol. The predicted octanol–water partition coefficient (Wildman–Crippen LogP) is 3.43. The van der Waals surface area contributed by atoms with Crippen molar-refractivity contribution in [3.8, 4) is 0 Å². The predicted molar refractivity (Wildman–Crippen MR) is 117 cm³/mol. The number of guanidine groups is 1. The van der Waals surface area contributed by atoms with Crippen LogP contribution in [0.25, 0.3) is 0 Å². The fourth-order valence-corrected chi connectivity index (χ4v) is 3.52. The van der Waals surface area contributed by atoms with Crippen molar-refractivity contribution >= 4 is 35.6 Å². The molecule has 150 valence electrons. The summed E-state index contributed by atoms with van der Waals surface area (Å²) < 4.78 is 5.46. The van der Waals surface area contributed by atoms with Gasteiger partial charge in [0.05, 0.1) is 18.1 Å². The highest BCUT2D eigenvalue weighted by Gasteiger charge is 2.21. The molecule has 0 saturated carbocycles. The van der Waals surface area contributed by atoms with Crippen LogP contribution < -0.4 is 5.32 Å². The zero-order valence-electron chi connectivity index (χ0n) is 15.8. The maximum Gasteiger partial charge on any atom is 0.269 e. The van der Waals surface area contributed by atoms with Gasteiger partial charge in [0.25, 0.3) is 5.69 Å². The Bertz CT molecular complexity index is 632.